The van der Waals surface area contributed by atoms with Gasteiger partial charge in [0, 0.05) is 47.9 Å². The van der Waals surface area contributed by atoms with E-state index in [9.17, 15) is 19.2 Å². The molecule has 47 heavy (non-hydrogen) atoms. The van der Waals surface area contributed by atoms with E-state index in [2.05, 4.69) is 30.2 Å². The summed E-state index contributed by atoms with van der Waals surface area (Å²) < 4.78 is 12.2. The van der Waals surface area contributed by atoms with Crippen LogP contribution in [0.4, 0.5) is 5.82 Å². The van der Waals surface area contributed by atoms with Crippen LogP contribution in [0, 0.1) is 29.1 Å². The molecule has 8 rings (SSSR count). The Balaban J connectivity index is 1.45. The number of pyridine rings is 1. The van der Waals surface area contributed by atoms with Gasteiger partial charge in [-0.15, -0.1) is 0 Å². The molecule has 1 saturated heterocycles. The molecule has 7 aliphatic rings. The first-order chi connectivity index (χ1) is 22.7. The van der Waals surface area contributed by atoms with Crippen LogP contribution < -0.4 is 11.1 Å². The van der Waals surface area contributed by atoms with Gasteiger partial charge in [-0.05, 0) is 105 Å². The molecule has 0 unspecified atom stereocenters. The molecule has 3 N–H and O–H groups in total. The highest BCUT2D eigenvalue weighted by atomic mass is 16.5. The standard InChI is InChI=1S/C37H42N4O6/c1-4-5-6-26-24-9-8-23-22-13-15-37(33(23)32(24)35(44)46-26)27(10-7-20(2)18-39-3)47-36(45)34(37)31(22)25(21-14-16-40-28(38)17-21)19-41-29(42)11-12-30(41)43/h6,10-12,14,16-17,20,22-23,25,33,39H,4-5,7-9,13,15,18-19H2,1-3H3,(H2,38,40)/t20-,22+,23-,25+,33-,37+/m0/s1. The highest BCUT2D eigenvalue weighted by Gasteiger charge is 2.69. The van der Waals surface area contributed by atoms with Gasteiger partial charge < -0.3 is 20.5 Å². The first-order valence-electron chi connectivity index (χ1n) is 16.9. The van der Waals surface area contributed by atoms with Gasteiger partial charge in [0.2, 0.25) is 0 Å². The molecule has 246 valence electrons. The summed E-state index contributed by atoms with van der Waals surface area (Å²) in [4.78, 5) is 59.4. The van der Waals surface area contributed by atoms with Crippen molar-refractivity contribution in [1.82, 2.24) is 15.2 Å². The lowest BCUT2D eigenvalue weighted by molar-refractivity contribution is -0.137. The monoisotopic (exact) mass is 638 g/mol. The maximum atomic E-state index is 14.3. The average Bonchev–Trinajstić information content (AvgIpc) is 3.67. The Morgan fingerprint density at radius 1 is 1.13 bits per heavy atom. The smallest absolute Gasteiger partial charge is 0.340 e. The van der Waals surface area contributed by atoms with E-state index in [0.29, 0.717) is 53.7 Å². The van der Waals surface area contributed by atoms with Crippen LogP contribution in [-0.4, -0.2) is 53.8 Å². The second-order valence-corrected chi connectivity index (χ2v) is 13.8. The number of amides is 2. The molecule has 10 nitrogen and oxygen atoms in total. The Labute approximate surface area is 274 Å². The number of cyclic esters (lactones) is 2. The minimum atomic E-state index is -0.862. The Bertz CT molecular complexity index is 1700. The lowest BCUT2D eigenvalue weighted by Gasteiger charge is -2.57. The summed E-state index contributed by atoms with van der Waals surface area (Å²) in [6.45, 7) is 5.10. The number of nitrogen functional groups attached to an aromatic ring is 1. The van der Waals surface area contributed by atoms with Gasteiger partial charge in [-0.3, -0.25) is 14.5 Å². The molecule has 0 radical (unpaired) electrons. The number of nitrogens with one attached hydrogen (secondary N) is 1. The van der Waals surface area contributed by atoms with Gasteiger partial charge in [-0.2, -0.15) is 0 Å². The molecule has 1 spiro atoms. The molecule has 2 bridgehead atoms. The normalized spacial score (nSPS) is 30.7. The van der Waals surface area contributed by atoms with Crippen molar-refractivity contribution in [1.29, 1.82) is 0 Å². The molecule has 3 aliphatic heterocycles. The SMILES string of the molecule is CCCC=C1OC(=O)C2=C1CC[C@@H]1[C@@H]2[C@]23CC[C@H]1C([C@H](CN1C(=O)C=CC1=O)c1ccnc(N)c1)=C2C(=O)OC3=CC[C@H](C)CNC. The summed E-state index contributed by atoms with van der Waals surface area (Å²) in [6.07, 6.45) is 13.7. The molecule has 4 heterocycles. The Kier molecular flexibility index (Phi) is 8.02. The van der Waals surface area contributed by atoms with E-state index < -0.39 is 17.3 Å². The maximum absolute atomic E-state index is 14.3. The van der Waals surface area contributed by atoms with Crippen molar-refractivity contribution < 1.29 is 28.7 Å². The number of rotatable bonds is 10. The highest BCUT2D eigenvalue weighted by Crippen LogP contribution is 2.71. The van der Waals surface area contributed by atoms with Gasteiger partial charge in [-0.25, -0.2) is 14.6 Å². The van der Waals surface area contributed by atoms with E-state index in [1.54, 1.807) is 12.3 Å². The van der Waals surface area contributed by atoms with Crippen LogP contribution in [0.1, 0.15) is 70.3 Å². The number of ether oxygens (including phenoxy) is 2. The summed E-state index contributed by atoms with van der Waals surface area (Å²) in [6, 6.07) is 3.61. The molecule has 1 saturated carbocycles. The molecular weight excluding hydrogens is 596 g/mol. The number of fused-ring (bicyclic) bond motifs is 1. The number of hydrogen-bond donors (Lipinski definition) is 2. The number of imide groups is 1. The fraction of sp³-hybridized carbons (Fsp3) is 0.486. The fourth-order valence-electron chi connectivity index (χ4n) is 9.28. The Morgan fingerprint density at radius 3 is 2.64 bits per heavy atom. The molecule has 6 atom stereocenters. The van der Waals surface area contributed by atoms with Crippen LogP contribution in [-0.2, 0) is 28.7 Å². The van der Waals surface area contributed by atoms with Crippen molar-refractivity contribution in [3.8, 4) is 0 Å². The number of nitrogens with two attached hydrogens (primary N) is 1. The van der Waals surface area contributed by atoms with E-state index in [1.807, 2.05) is 19.2 Å². The molecule has 2 fully saturated rings. The Hall–Kier alpha value is -4.31. The number of anilines is 1. The number of allylic oxidation sites excluding steroid dienone is 4. The third-order valence-electron chi connectivity index (χ3n) is 11.1. The number of hydrogen-bond acceptors (Lipinski definition) is 9. The fourth-order valence-corrected chi connectivity index (χ4v) is 9.28. The summed E-state index contributed by atoms with van der Waals surface area (Å²) in [7, 11) is 1.92. The van der Waals surface area contributed by atoms with Gasteiger partial charge in [0.25, 0.3) is 11.8 Å². The maximum Gasteiger partial charge on any atom is 0.340 e. The molecule has 2 amide bonds. The van der Waals surface area contributed by atoms with Crippen LogP contribution >= 0.6 is 0 Å². The number of carbonyl (C=O) groups is 4. The zero-order valence-electron chi connectivity index (χ0n) is 27.2. The van der Waals surface area contributed by atoms with Crippen LogP contribution in [0.15, 0.2) is 76.4 Å². The second kappa shape index (κ2) is 12.0. The summed E-state index contributed by atoms with van der Waals surface area (Å²) in [5.74, 6) is -0.448. The van der Waals surface area contributed by atoms with Gasteiger partial charge in [0.05, 0.1) is 11.0 Å². The summed E-state index contributed by atoms with van der Waals surface area (Å²) in [5, 5.41) is 3.23. The zero-order chi connectivity index (χ0) is 33.0. The second-order valence-electron chi connectivity index (χ2n) is 13.8. The minimum absolute atomic E-state index is 0.0387. The average molecular weight is 639 g/mol. The molecular formula is C37H42N4O6. The third-order valence-corrected chi connectivity index (χ3v) is 11.1. The number of unbranched alkanes of at least 4 members (excludes halogenated alkanes) is 1. The van der Waals surface area contributed by atoms with Crippen LogP contribution in [0.5, 0.6) is 0 Å². The lowest BCUT2D eigenvalue weighted by Crippen LogP contribution is -2.53. The third kappa shape index (κ3) is 4.91. The van der Waals surface area contributed by atoms with Crippen LogP contribution in [0.3, 0.4) is 0 Å². The van der Waals surface area contributed by atoms with Crippen molar-refractivity contribution in [3.63, 3.8) is 0 Å². The van der Waals surface area contributed by atoms with Gasteiger partial charge >= 0.3 is 11.9 Å². The molecule has 1 aromatic heterocycles. The predicted octanol–water partition coefficient (Wildman–Crippen LogP) is 4.63. The van der Waals surface area contributed by atoms with Crippen molar-refractivity contribution >= 4 is 29.6 Å². The predicted molar refractivity (Wildman–Crippen MR) is 174 cm³/mol. The van der Waals surface area contributed by atoms with Gasteiger partial charge in [0.15, 0.2) is 0 Å². The quantitative estimate of drug-likeness (QED) is 0.277. The number of esters is 2. The van der Waals surface area contributed by atoms with Crippen molar-refractivity contribution in [2.75, 3.05) is 25.9 Å². The van der Waals surface area contributed by atoms with Crippen molar-refractivity contribution in [2.24, 2.45) is 29.1 Å². The summed E-state index contributed by atoms with van der Waals surface area (Å²) in [5.41, 5.74) is 9.22. The largest absolute Gasteiger partial charge is 0.427 e. The highest BCUT2D eigenvalue weighted by molar-refractivity contribution is 6.13. The number of aromatic nitrogens is 1. The van der Waals surface area contributed by atoms with E-state index >= 15 is 0 Å². The molecule has 4 aliphatic carbocycles. The van der Waals surface area contributed by atoms with E-state index in [4.69, 9.17) is 15.2 Å². The van der Waals surface area contributed by atoms with Crippen LogP contribution in [0.25, 0.3) is 0 Å². The molecule has 1 aromatic rings. The van der Waals surface area contributed by atoms with Gasteiger partial charge in [-0.1, -0.05) is 20.3 Å². The van der Waals surface area contributed by atoms with Crippen molar-refractivity contribution in [3.05, 3.63) is 82.0 Å². The summed E-state index contributed by atoms with van der Waals surface area (Å²) >= 11 is 0. The minimum Gasteiger partial charge on any atom is -0.427 e. The number of nitrogens with zero attached hydrogens (tertiary/aromatic N) is 2. The Morgan fingerprint density at radius 2 is 1.91 bits per heavy atom. The molecule has 10 heteroatoms. The molecule has 0 aromatic carbocycles. The number of carbonyl (C=O) groups excluding carboxylic acids is 4. The van der Waals surface area contributed by atoms with E-state index in [1.165, 1.54) is 17.1 Å². The topological polar surface area (TPSA) is 141 Å². The van der Waals surface area contributed by atoms with Crippen LogP contribution in [0.2, 0.25) is 0 Å². The van der Waals surface area contributed by atoms with E-state index in [0.717, 1.165) is 48.9 Å². The first kappa shape index (κ1) is 31.3. The lowest BCUT2D eigenvalue weighted by atomic mass is 9.43. The first-order valence-corrected chi connectivity index (χ1v) is 16.9. The van der Waals surface area contributed by atoms with E-state index in [-0.39, 0.29) is 42.1 Å². The van der Waals surface area contributed by atoms with Gasteiger partial charge in [0.1, 0.15) is 17.3 Å². The zero-order valence-corrected chi connectivity index (χ0v) is 27.2. The van der Waals surface area contributed by atoms with Crippen molar-refractivity contribution in [2.45, 2.75) is 64.7 Å².